The van der Waals surface area contributed by atoms with Crippen molar-refractivity contribution in [2.45, 2.75) is 52.0 Å². The van der Waals surface area contributed by atoms with E-state index in [-0.39, 0.29) is 23.9 Å². The molecule has 0 aliphatic rings. The zero-order chi connectivity index (χ0) is 22.3. The summed E-state index contributed by atoms with van der Waals surface area (Å²) in [6, 6.07) is 6.13. The predicted octanol–water partition coefficient (Wildman–Crippen LogP) is 2.19. The van der Waals surface area contributed by atoms with Gasteiger partial charge in [-0.05, 0) is 56.0 Å². The first-order valence-electron chi connectivity index (χ1n) is 10.1. The van der Waals surface area contributed by atoms with Crippen LogP contribution in [0.5, 0.6) is 5.75 Å². The van der Waals surface area contributed by atoms with Gasteiger partial charge in [0.25, 0.3) is 0 Å². The van der Waals surface area contributed by atoms with Crippen molar-refractivity contribution >= 4 is 15.9 Å². The lowest BCUT2D eigenvalue weighted by Gasteiger charge is -2.09. The lowest BCUT2D eigenvalue weighted by Crippen LogP contribution is -2.34. The molecule has 0 bridgehead atoms. The molecule has 166 valence electrons. The Bertz CT molecular complexity index is 950. The third-order valence-electron chi connectivity index (χ3n) is 4.78. The maximum atomic E-state index is 12.3. The Labute approximate surface area is 179 Å². The number of rotatable bonds is 11. The SMILES string of the molecule is COc1ccc(S(=O)(=O)NCCNC(=O)CCc2c(C)nn(CC(C)C)c2C)cc1. The van der Waals surface area contributed by atoms with E-state index in [1.807, 2.05) is 18.5 Å². The number of ether oxygens (including phenoxy) is 1. The minimum absolute atomic E-state index is 0.116. The molecular formula is C21H32N4O4S. The van der Waals surface area contributed by atoms with Crippen LogP contribution in [0, 0.1) is 19.8 Å². The van der Waals surface area contributed by atoms with Crippen molar-refractivity contribution in [2.75, 3.05) is 20.2 Å². The molecule has 0 unspecified atom stereocenters. The smallest absolute Gasteiger partial charge is 0.240 e. The molecule has 0 atom stereocenters. The van der Waals surface area contributed by atoms with Gasteiger partial charge in [0.1, 0.15) is 5.75 Å². The summed E-state index contributed by atoms with van der Waals surface area (Å²) in [5.74, 6) is 0.969. The molecule has 0 aliphatic carbocycles. The molecule has 2 N–H and O–H groups in total. The van der Waals surface area contributed by atoms with Crippen molar-refractivity contribution < 1.29 is 17.9 Å². The summed E-state index contributed by atoms with van der Waals surface area (Å²) in [6.45, 7) is 9.48. The molecule has 8 nitrogen and oxygen atoms in total. The summed E-state index contributed by atoms with van der Waals surface area (Å²) in [4.78, 5) is 12.3. The second-order valence-corrected chi connectivity index (χ2v) is 9.42. The molecule has 1 aromatic heterocycles. The number of hydrogen-bond acceptors (Lipinski definition) is 5. The molecule has 0 radical (unpaired) electrons. The monoisotopic (exact) mass is 436 g/mol. The van der Waals surface area contributed by atoms with Crippen LogP contribution >= 0.6 is 0 Å². The van der Waals surface area contributed by atoms with Crippen LogP contribution in [0.3, 0.4) is 0 Å². The minimum Gasteiger partial charge on any atom is -0.497 e. The van der Waals surface area contributed by atoms with E-state index >= 15 is 0 Å². The average molecular weight is 437 g/mol. The predicted molar refractivity (Wildman–Crippen MR) is 116 cm³/mol. The molecular weight excluding hydrogens is 404 g/mol. The fourth-order valence-electron chi connectivity index (χ4n) is 3.17. The van der Waals surface area contributed by atoms with Gasteiger partial charge in [-0.25, -0.2) is 13.1 Å². The lowest BCUT2D eigenvalue weighted by molar-refractivity contribution is -0.121. The van der Waals surface area contributed by atoms with Crippen molar-refractivity contribution in [1.29, 1.82) is 0 Å². The second-order valence-electron chi connectivity index (χ2n) is 7.65. The van der Waals surface area contributed by atoms with Crippen LogP contribution in [0.4, 0.5) is 0 Å². The van der Waals surface area contributed by atoms with Gasteiger partial charge in [-0.1, -0.05) is 13.8 Å². The topological polar surface area (TPSA) is 102 Å². The first kappa shape index (κ1) is 23.9. The van der Waals surface area contributed by atoms with E-state index in [4.69, 9.17) is 4.74 Å². The van der Waals surface area contributed by atoms with E-state index in [1.54, 1.807) is 12.1 Å². The summed E-state index contributed by atoms with van der Waals surface area (Å²) in [5, 5.41) is 7.33. The van der Waals surface area contributed by atoms with Gasteiger partial charge < -0.3 is 10.1 Å². The number of aryl methyl sites for hydroxylation is 1. The number of sulfonamides is 1. The van der Waals surface area contributed by atoms with Crippen LogP contribution < -0.4 is 14.8 Å². The quantitative estimate of drug-likeness (QED) is 0.526. The largest absolute Gasteiger partial charge is 0.497 e. The van der Waals surface area contributed by atoms with Gasteiger partial charge >= 0.3 is 0 Å². The highest BCUT2D eigenvalue weighted by Gasteiger charge is 2.15. The van der Waals surface area contributed by atoms with E-state index in [1.165, 1.54) is 19.2 Å². The summed E-state index contributed by atoms with van der Waals surface area (Å²) in [7, 11) is -2.11. The summed E-state index contributed by atoms with van der Waals surface area (Å²) in [6.07, 6.45) is 0.944. The zero-order valence-corrected chi connectivity index (χ0v) is 19.2. The van der Waals surface area contributed by atoms with Crippen LogP contribution in [0.2, 0.25) is 0 Å². The first-order chi connectivity index (χ1) is 14.1. The van der Waals surface area contributed by atoms with Crippen LogP contribution in [0.15, 0.2) is 29.2 Å². The maximum absolute atomic E-state index is 12.3. The van der Waals surface area contributed by atoms with Crippen molar-refractivity contribution in [3.8, 4) is 5.75 Å². The fraction of sp³-hybridized carbons (Fsp3) is 0.524. The molecule has 1 amide bonds. The van der Waals surface area contributed by atoms with Gasteiger partial charge in [-0.2, -0.15) is 5.10 Å². The number of carbonyl (C=O) groups excluding carboxylic acids is 1. The number of hydrogen-bond donors (Lipinski definition) is 2. The molecule has 1 heterocycles. The first-order valence-corrected chi connectivity index (χ1v) is 11.6. The Morgan fingerprint density at radius 2 is 1.83 bits per heavy atom. The number of benzene rings is 1. The summed E-state index contributed by atoms with van der Waals surface area (Å²) in [5.41, 5.74) is 3.15. The van der Waals surface area contributed by atoms with Gasteiger partial charge in [0.15, 0.2) is 0 Å². The summed E-state index contributed by atoms with van der Waals surface area (Å²) < 4.78 is 34.0. The Kier molecular flexibility index (Phi) is 8.43. The third-order valence-corrected chi connectivity index (χ3v) is 6.26. The standard InChI is InChI=1S/C21H32N4O4S/c1-15(2)14-25-17(4)20(16(3)24-25)10-11-21(26)22-12-13-23-30(27,28)19-8-6-18(29-5)7-9-19/h6-9,15,23H,10-14H2,1-5H3,(H,22,26). The minimum atomic E-state index is -3.62. The number of nitrogens with one attached hydrogen (secondary N) is 2. The third kappa shape index (κ3) is 6.56. The van der Waals surface area contributed by atoms with E-state index in [2.05, 4.69) is 29.0 Å². The average Bonchev–Trinajstić information content (AvgIpc) is 2.96. The van der Waals surface area contributed by atoms with E-state index < -0.39 is 10.0 Å². The highest BCUT2D eigenvalue weighted by molar-refractivity contribution is 7.89. The highest BCUT2D eigenvalue weighted by Crippen LogP contribution is 2.17. The molecule has 0 saturated heterocycles. The van der Waals surface area contributed by atoms with Crippen LogP contribution in [0.25, 0.3) is 0 Å². The highest BCUT2D eigenvalue weighted by atomic mass is 32.2. The summed E-state index contributed by atoms with van der Waals surface area (Å²) >= 11 is 0. The molecule has 2 rings (SSSR count). The van der Waals surface area contributed by atoms with Gasteiger partial charge in [0.2, 0.25) is 15.9 Å². The molecule has 2 aromatic rings. The number of amides is 1. The number of nitrogens with zero attached hydrogens (tertiary/aromatic N) is 2. The van der Waals surface area contributed by atoms with Crippen LogP contribution in [-0.2, 0) is 27.8 Å². The normalized spacial score (nSPS) is 11.7. The van der Waals surface area contributed by atoms with Crippen molar-refractivity contribution in [2.24, 2.45) is 5.92 Å². The zero-order valence-electron chi connectivity index (χ0n) is 18.4. The van der Waals surface area contributed by atoms with Gasteiger partial charge in [-0.3, -0.25) is 9.48 Å². The lowest BCUT2D eigenvalue weighted by atomic mass is 10.1. The molecule has 0 saturated carbocycles. The van der Waals surface area contributed by atoms with Crippen molar-refractivity contribution in [3.63, 3.8) is 0 Å². The van der Waals surface area contributed by atoms with Gasteiger partial charge in [0.05, 0.1) is 17.7 Å². The second kappa shape index (κ2) is 10.6. The Balaban J connectivity index is 1.78. The van der Waals surface area contributed by atoms with Gasteiger partial charge in [0, 0.05) is 31.7 Å². The van der Waals surface area contributed by atoms with E-state index in [9.17, 15) is 13.2 Å². The Morgan fingerprint density at radius 3 is 2.43 bits per heavy atom. The molecule has 1 aromatic carbocycles. The van der Waals surface area contributed by atoms with Crippen LogP contribution in [0.1, 0.15) is 37.2 Å². The maximum Gasteiger partial charge on any atom is 0.240 e. The van der Waals surface area contributed by atoms with Crippen LogP contribution in [-0.4, -0.2) is 44.3 Å². The van der Waals surface area contributed by atoms with E-state index in [0.717, 1.165) is 23.5 Å². The number of methoxy groups -OCH3 is 1. The molecule has 0 aliphatic heterocycles. The molecule has 0 spiro atoms. The van der Waals surface area contributed by atoms with E-state index in [0.29, 0.717) is 24.5 Å². The number of aromatic nitrogens is 2. The molecule has 30 heavy (non-hydrogen) atoms. The van der Waals surface area contributed by atoms with Crippen molar-refractivity contribution in [1.82, 2.24) is 19.8 Å². The molecule has 9 heteroatoms. The van der Waals surface area contributed by atoms with Crippen molar-refractivity contribution in [3.05, 3.63) is 41.2 Å². The Hall–Kier alpha value is -2.39. The fourth-order valence-corrected chi connectivity index (χ4v) is 4.20. The van der Waals surface area contributed by atoms with Gasteiger partial charge in [-0.15, -0.1) is 0 Å². The molecule has 0 fully saturated rings. The Morgan fingerprint density at radius 1 is 1.17 bits per heavy atom. The number of carbonyl (C=O) groups is 1.